The second-order valence-electron chi connectivity index (χ2n) is 7.00. The molecule has 5 nitrogen and oxygen atoms in total. The molecular weight excluding hydrogens is 360 g/mol. The van der Waals surface area contributed by atoms with E-state index >= 15 is 0 Å². The van der Waals surface area contributed by atoms with Crippen molar-refractivity contribution in [2.45, 2.75) is 37.1 Å². The van der Waals surface area contributed by atoms with Crippen LogP contribution in [-0.4, -0.2) is 36.4 Å². The lowest BCUT2D eigenvalue weighted by Crippen LogP contribution is -2.52. The van der Waals surface area contributed by atoms with Crippen molar-refractivity contribution in [1.82, 2.24) is 10.6 Å². The van der Waals surface area contributed by atoms with E-state index in [-0.39, 0.29) is 23.0 Å². The van der Waals surface area contributed by atoms with E-state index in [1.807, 2.05) is 24.5 Å². The standard InChI is InChI=1S/C21H26N2O3S/c1-27-14-10-17(23-20(25)18-9-5-13-26-18)19(24)22-15-21(11-6-12-21)16-7-3-2-4-8-16/h2-5,7-9,13,17H,6,10-12,14-15H2,1H3,(H,22,24)(H,23,25). The van der Waals surface area contributed by atoms with Crippen LogP contribution in [0.1, 0.15) is 41.8 Å². The summed E-state index contributed by atoms with van der Waals surface area (Å²) in [5, 5.41) is 5.90. The van der Waals surface area contributed by atoms with Crippen molar-refractivity contribution >= 4 is 23.6 Å². The molecule has 0 spiro atoms. The quantitative estimate of drug-likeness (QED) is 0.693. The Morgan fingerprint density at radius 3 is 2.56 bits per heavy atom. The van der Waals surface area contributed by atoms with Gasteiger partial charge in [-0.25, -0.2) is 0 Å². The maximum atomic E-state index is 12.8. The Morgan fingerprint density at radius 1 is 1.19 bits per heavy atom. The fourth-order valence-electron chi connectivity index (χ4n) is 3.48. The highest BCUT2D eigenvalue weighted by molar-refractivity contribution is 7.98. The van der Waals surface area contributed by atoms with Gasteiger partial charge in [0.05, 0.1) is 6.26 Å². The van der Waals surface area contributed by atoms with Crippen LogP contribution in [0.2, 0.25) is 0 Å². The SMILES string of the molecule is CSCCC(NC(=O)c1ccco1)C(=O)NCC1(c2ccccc2)CCC1. The first-order valence-electron chi connectivity index (χ1n) is 9.31. The summed E-state index contributed by atoms with van der Waals surface area (Å²) >= 11 is 1.65. The summed E-state index contributed by atoms with van der Waals surface area (Å²) < 4.78 is 5.13. The molecular formula is C21H26N2O3S. The van der Waals surface area contributed by atoms with Crippen LogP contribution in [0.25, 0.3) is 0 Å². The minimum absolute atomic E-state index is 0.0198. The number of furan rings is 1. The second kappa shape index (κ2) is 9.13. The molecule has 1 aliphatic rings. The number of hydrogen-bond acceptors (Lipinski definition) is 4. The van der Waals surface area contributed by atoms with Crippen LogP contribution in [0.4, 0.5) is 0 Å². The van der Waals surface area contributed by atoms with Crippen LogP contribution >= 0.6 is 11.8 Å². The minimum atomic E-state index is -0.567. The van der Waals surface area contributed by atoms with E-state index in [0.717, 1.165) is 18.6 Å². The first kappa shape index (κ1) is 19.5. The number of carbonyl (C=O) groups excluding carboxylic acids is 2. The van der Waals surface area contributed by atoms with Crippen LogP contribution in [-0.2, 0) is 10.2 Å². The van der Waals surface area contributed by atoms with Crippen molar-refractivity contribution in [2.75, 3.05) is 18.6 Å². The molecule has 2 amide bonds. The average Bonchev–Trinajstić information content (AvgIpc) is 3.19. The Kier molecular flexibility index (Phi) is 6.61. The van der Waals surface area contributed by atoms with Gasteiger partial charge in [-0.1, -0.05) is 36.8 Å². The fourth-order valence-corrected chi connectivity index (χ4v) is 3.96. The zero-order chi connectivity index (χ0) is 19.1. The molecule has 27 heavy (non-hydrogen) atoms. The van der Waals surface area contributed by atoms with E-state index in [1.165, 1.54) is 18.2 Å². The Bertz CT molecular complexity index is 742. The molecule has 0 bridgehead atoms. The lowest BCUT2D eigenvalue weighted by molar-refractivity contribution is -0.123. The summed E-state index contributed by atoms with van der Waals surface area (Å²) in [7, 11) is 0. The minimum Gasteiger partial charge on any atom is -0.459 e. The monoisotopic (exact) mass is 386 g/mol. The Hall–Kier alpha value is -2.21. The number of rotatable bonds is 9. The second-order valence-corrected chi connectivity index (χ2v) is 7.99. The van der Waals surface area contributed by atoms with Gasteiger partial charge in [0.1, 0.15) is 6.04 Å². The van der Waals surface area contributed by atoms with Gasteiger partial charge in [-0.3, -0.25) is 9.59 Å². The highest BCUT2D eigenvalue weighted by Gasteiger charge is 2.39. The molecule has 0 saturated heterocycles. The van der Waals surface area contributed by atoms with Crippen molar-refractivity contribution in [3.63, 3.8) is 0 Å². The molecule has 1 aromatic carbocycles. The molecule has 1 aromatic heterocycles. The summed E-state index contributed by atoms with van der Waals surface area (Å²) in [5.41, 5.74) is 1.29. The zero-order valence-corrected chi connectivity index (χ0v) is 16.4. The summed E-state index contributed by atoms with van der Waals surface area (Å²) in [6, 6.07) is 13.1. The first-order chi connectivity index (χ1) is 13.1. The van der Waals surface area contributed by atoms with Gasteiger partial charge in [0, 0.05) is 12.0 Å². The van der Waals surface area contributed by atoms with Gasteiger partial charge in [-0.2, -0.15) is 11.8 Å². The maximum Gasteiger partial charge on any atom is 0.287 e. The third-order valence-corrected chi connectivity index (χ3v) is 5.92. The molecule has 0 aliphatic heterocycles. The molecule has 3 rings (SSSR count). The van der Waals surface area contributed by atoms with Crippen molar-refractivity contribution in [3.05, 3.63) is 60.1 Å². The fraction of sp³-hybridized carbons (Fsp3) is 0.429. The van der Waals surface area contributed by atoms with Gasteiger partial charge in [0.15, 0.2) is 5.76 Å². The largest absolute Gasteiger partial charge is 0.459 e. The van der Waals surface area contributed by atoms with Crippen LogP contribution in [0.3, 0.4) is 0 Å². The van der Waals surface area contributed by atoms with Crippen molar-refractivity contribution in [3.8, 4) is 0 Å². The Labute approximate surface area is 164 Å². The third kappa shape index (κ3) is 4.75. The Balaban J connectivity index is 1.62. The van der Waals surface area contributed by atoms with Crippen molar-refractivity contribution in [2.24, 2.45) is 0 Å². The van der Waals surface area contributed by atoms with Crippen LogP contribution < -0.4 is 10.6 Å². The van der Waals surface area contributed by atoms with Gasteiger partial charge in [-0.05, 0) is 49.0 Å². The van der Waals surface area contributed by atoms with Crippen molar-refractivity contribution in [1.29, 1.82) is 0 Å². The molecule has 0 radical (unpaired) electrons. The average molecular weight is 387 g/mol. The molecule has 1 heterocycles. The number of nitrogens with one attached hydrogen (secondary N) is 2. The lowest BCUT2D eigenvalue weighted by atomic mass is 9.64. The van der Waals surface area contributed by atoms with E-state index in [2.05, 4.69) is 22.8 Å². The highest BCUT2D eigenvalue weighted by Crippen LogP contribution is 2.43. The zero-order valence-electron chi connectivity index (χ0n) is 15.6. The molecule has 2 N–H and O–H groups in total. The molecule has 1 aliphatic carbocycles. The van der Waals surface area contributed by atoms with E-state index in [1.54, 1.807) is 23.9 Å². The summed E-state index contributed by atoms with van der Waals surface area (Å²) in [5.74, 6) is 0.519. The van der Waals surface area contributed by atoms with Crippen LogP contribution in [0, 0.1) is 0 Å². The molecule has 6 heteroatoms. The number of benzene rings is 1. The van der Waals surface area contributed by atoms with Gasteiger partial charge in [0.2, 0.25) is 5.91 Å². The lowest BCUT2D eigenvalue weighted by Gasteiger charge is -2.43. The smallest absolute Gasteiger partial charge is 0.287 e. The van der Waals surface area contributed by atoms with Gasteiger partial charge in [-0.15, -0.1) is 0 Å². The van der Waals surface area contributed by atoms with Crippen LogP contribution in [0.5, 0.6) is 0 Å². The molecule has 144 valence electrons. The highest BCUT2D eigenvalue weighted by atomic mass is 32.2. The number of carbonyl (C=O) groups is 2. The predicted molar refractivity (Wildman–Crippen MR) is 108 cm³/mol. The van der Waals surface area contributed by atoms with E-state index in [9.17, 15) is 9.59 Å². The van der Waals surface area contributed by atoms with Gasteiger partial charge in [0.25, 0.3) is 5.91 Å². The number of hydrogen-bond donors (Lipinski definition) is 2. The van der Waals surface area contributed by atoms with Crippen molar-refractivity contribution < 1.29 is 14.0 Å². The summed E-state index contributed by atoms with van der Waals surface area (Å²) in [6.45, 7) is 0.599. The molecule has 1 unspecified atom stereocenters. The maximum absolute atomic E-state index is 12.8. The van der Waals surface area contributed by atoms with E-state index in [0.29, 0.717) is 13.0 Å². The predicted octanol–water partition coefficient (Wildman–Crippen LogP) is 3.37. The molecule has 1 fully saturated rings. The topological polar surface area (TPSA) is 71.3 Å². The van der Waals surface area contributed by atoms with E-state index < -0.39 is 6.04 Å². The van der Waals surface area contributed by atoms with Crippen LogP contribution in [0.15, 0.2) is 53.1 Å². The number of thioether (sulfide) groups is 1. The summed E-state index contributed by atoms with van der Waals surface area (Å²) in [6.07, 6.45) is 7.35. The normalized spacial score (nSPS) is 16.2. The molecule has 1 atom stereocenters. The third-order valence-electron chi connectivity index (χ3n) is 5.28. The van der Waals surface area contributed by atoms with Gasteiger partial charge < -0.3 is 15.1 Å². The molecule has 1 saturated carbocycles. The first-order valence-corrected chi connectivity index (χ1v) is 10.7. The van der Waals surface area contributed by atoms with Gasteiger partial charge >= 0.3 is 0 Å². The summed E-state index contributed by atoms with van der Waals surface area (Å²) in [4.78, 5) is 25.1. The van der Waals surface area contributed by atoms with E-state index in [4.69, 9.17) is 4.42 Å². The Morgan fingerprint density at radius 2 is 1.96 bits per heavy atom. The number of amides is 2. The molecule has 2 aromatic rings.